The van der Waals surface area contributed by atoms with Gasteiger partial charge in [0, 0.05) is 37.4 Å². The lowest BCUT2D eigenvalue weighted by Gasteiger charge is -2.30. The van der Waals surface area contributed by atoms with E-state index in [2.05, 4.69) is 53.7 Å². The molecule has 1 aromatic heterocycles. The zero-order chi connectivity index (χ0) is 21.3. The van der Waals surface area contributed by atoms with E-state index in [9.17, 15) is 9.59 Å². The molecule has 2 amide bonds. The van der Waals surface area contributed by atoms with Crippen LogP contribution in [0, 0.1) is 5.92 Å². The maximum Gasteiger partial charge on any atom is 0.226 e. The van der Waals surface area contributed by atoms with Crippen molar-refractivity contribution in [3.05, 3.63) is 59.4 Å². The first-order valence-corrected chi connectivity index (χ1v) is 10.7. The van der Waals surface area contributed by atoms with Crippen molar-refractivity contribution >= 4 is 17.5 Å². The number of hydrogen-bond donors (Lipinski definition) is 2. The van der Waals surface area contributed by atoms with E-state index in [4.69, 9.17) is 0 Å². The Morgan fingerprint density at radius 3 is 2.73 bits per heavy atom. The van der Waals surface area contributed by atoms with Crippen LogP contribution < -0.4 is 10.6 Å². The number of benzene rings is 1. The Morgan fingerprint density at radius 1 is 1.23 bits per heavy atom. The summed E-state index contributed by atoms with van der Waals surface area (Å²) in [5.41, 5.74) is 4.69. The molecule has 1 aliphatic carbocycles. The van der Waals surface area contributed by atoms with Crippen LogP contribution in [0.2, 0.25) is 0 Å². The van der Waals surface area contributed by atoms with Gasteiger partial charge in [-0.2, -0.15) is 0 Å². The molecule has 158 valence electrons. The van der Waals surface area contributed by atoms with Crippen molar-refractivity contribution in [1.29, 1.82) is 0 Å². The fourth-order valence-corrected chi connectivity index (χ4v) is 4.65. The maximum absolute atomic E-state index is 12.6. The summed E-state index contributed by atoms with van der Waals surface area (Å²) in [6.45, 7) is 5.58. The van der Waals surface area contributed by atoms with Crippen molar-refractivity contribution in [3.8, 4) is 0 Å². The van der Waals surface area contributed by atoms with Crippen LogP contribution in [0.1, 0.15) is 43.5 Å². The van der Waals surface area contributed by atoms with Crippen LogP contribution in [0.5, 0.6) is 0 Å². The molecule has 4 rings (SSSR count). The Hall–Kier alpha value is -2.89. The smallest absolute Gasteiger partial charge is 0.226 e. The summed E-state index contributed by atoms with van der Waals surface area (Å²) in [6.07, 6.45) is 3.82. The lowest BCUT2D eigenvalue weighted by Crippen LogP contribution is -2.41. The predicted octanol–water partition coefficient (Wildman–Crippen LogP) is 2.88. The van der Waals surface area contributed by atoms with Gasteiger partial charge in [-0.1, -0.05) is 38.1 Å². The standard InChI is InChI=1S/C24H30N4O2/c1-24(2)20-7-5-4-6-16(20)12-21(24)27-18-8-9-19(26-14-18)15-28(3)23(30)17-10-11-25-22(29)13-17/h4-9,14,17,21,27H,10-13,15H2,1-3H3,(H,25,29). The number of nitrogens with one attached hydrogen (secondary N) is 2. The third kappa shape index (κ3) is 4.04. The summed E-state index contributed by atoms with van der Waals surface area (Å²) in [7, 11) is 1.78. The van der Waals surface area contributed by atoms with Crippen molar-refractivity contribution in [2.75, 3.05) is 18.9 Å². The Morgan fingerprint density at radius 2 is 2.03 bits per heavy atom. The van der Waals surface area contributed by atoms with Crippen molar-refractivity contribution in [3.63, 3.8) is 0 Å². The summed E-state index contributed by atoms with van der Waals surface area (Å²) >= 11 is 0. The Labute approximate surface area is 178 Å². The molecule has 1 aliphatic heterocycles. The van der Waals surface area contributed by atoms with Crippen LogP contribution in [-0.2, 0) is 28.0 Å². The number of carbonyl (C=O) groups is 2. The molecule has 2 aromatic rings. The van der Waals surface area contributed by atoms with Gasteiger partial charge in [-0.05, 0) is 36.1 Å². The van der Waals surface area contributed by atoms with Crippen LogP contribution in [0.3, 0.4) is 0 Å². The number of piperidine rings is 1. The van der Waals surface area contributed by atoms with E-state index in [1.165, 1.54) is 11.1 Å². The van der Waals surface area contributed by atoms with Crippen molar-refractivity contribution in [2.45, 2.75) is 51.1 Å². The molecule has 0 bridgehead atoms. The lowest BCUT2D eigenvalue weighted by molar-refractivity contribution is -0.139. The van der Waals surface area contributed by atoms with Crippen LogP contribution in [-0.4, -0.2) is 41.3 Å². The van der Waals surface area contributed by atoms with E-state index in [1.807, 2.05) is 18.3 Å². The van der Waals surface area contributed by atoms with Gasteiger partial charge in [0.15, 0.2) is 0 Å². The van der Waals surface area contributed by atoms with E-state index in [-0.39, 0.29) is 29.6 Å². The Kier molecular flexibility index (Phi) is 5.50. The number of nitrogens with zero attached hydrogens (tertiary/aromatic N) is 2. The molecule has 1 aromatic carbocycles. The molecule has 6 nitrogen and oxygen atoms in total. The first kappa shape index (κ1) is 20.4. The molecule has 1 saturated heterocycles. The van der Waals surface area contributed by atoms with Crippen molar-refractivity contribution in [2.24, 2.45) is 5.92 Å². The average Bonchev–Trinajstić information content (AvgIpc) is 2.99. The number of pyridine rings is 1. The topological polar surface area (TPSA) is 74.3 Å². The second-order valence-corrected chi connectivity index (χ2v) is 9.05. The van der Waals surface area contributed by atoms with Gasteiger partial charge < -0.3 is 15.5 Å². The van der Waals surface area contributed by atoms with Gasteiger partial charge >= 0.3 is 0 Å². The van der Waals surface area contributed by atoms with Gasteiger partial charge in [-0.3, -0.25) is 14.6 Å². The highest BCUT2D eigenvalue weighted by atomic mass is 16.2. The minimum Gasteiger partial charge on any atom is -0.380 e. The van der Waals surface area contributed by atoms with E-state index in [0.29, 0.717) is 25.6 Å². The third-order valence-electron chi connectivity index (χ3n) is 6.54. The molecule has 30 heavy (non-hydrogen) atoms. The second-order valence-electron chi connectivity index (χ2n) is 9.05. The highest BCUT2D eigenvalue weighted by Gasteiger charge is 2.39. The molecular weight excluding hydrogens is 376 g/mol. The number of anilines is 1. The third-order valence-corrected chi connectivity index (χ3v) is 6.54. The molecule has 0 saturated carbocycles. The molecule has 2 aliphatic rings. The monoisotopic (exact) mass is 406 g/mol. The molecule has 1 fully saturated rings. The number of carbonyl (C=O) groups excluding carboxylic acids is 2. The van der Waals surface area contributed by atoms with Gasteiger partial charge in [0.1, 0.15) is 0 Å². The highest BCUT2D eigenvalue weighted by Crippen LogP contribution is 2.39. The van der Waals surface area contributed by atoms with E-state index < -0.39 is 0 Å². The van der Waals surface area contributed by atoms with E-state index in [0.717, 1.165) is 17.8 Å². The zero-order valence-corrected chi connectivity index (χ0v) is 17.9. The van der Waals surface area contributed by atoms with Gasteiger partial charge in [0.25, 0.3) is 0 Å². The van der Waals surface area contributed by atoms with Gasteiger partial charge in [-0.25, -0.2) is 0 Å². The van der Waals surface area contributed by atoms with E-state index in [1.54, 1.807) is 11.9 Å². The number of amides is 2. The SMILES string of the molecule is CN(Cc1ccc(NC2Cc3ccccc3C2(C)C)cn1)C(=O)C1CCNC(=O)C1. The number of hydrogen-bond acceptors (Lipinski definition) is 4. The number of rotatable bonds is 5. The molecule has 2 N–H and O–H groups in total. The quantitative estimate of drug-likeness (QED) is 0.801. The number of fused-ring (bicyclic) bond motifs is 1. The minimum absolute atomic E-state index is 0.0133. The summed E-state index contributed by atoms with van der Waals surface area (Å²) in [5, 5.41) is 6.42. The normalized spacial score (nSPS) is 22.2. The lowest BCUT2D eigenvalue weighted by atomic mass is 9.83. The Bertz CT molecular complexity index is 938. The summed E-state index contributed by atoms with van der Waals surface area (Å²) in [6, 6.07) is 13.0. The predicted molar refractivity (Wildman–Crippen MR) is 117 cm³/mol. The van der Waals surface area contributed by atoms with Gasteiger partial charge in [0.2, 0.25) is 11.8 Å². The van der Waals surface area contributed by atoms with Gasteiger partial charge in [-0.15, -0.1) is 0 Å². The summed E-state index contributed by atoms with van der Waals surface area (Å²) < 4.78 is 0. The van der Waals surface area contributed by atoms with Crippen molar-refractivity contribution in [1.82, 2.24) is 15.2 Å². The van der Waals surface area contributed by atoms with Crippen LogP contribution in [0.4, 0.5) is 5.69 Å². The minimum atomic E-state index is -0.226. The summed E-state index contributed by atoms with van der Waals surface area (Å²) in [4.78, 5) is 30.4. The molecule has 6 heteroatoms. The first-order valence-electron chi connectivity index (χ1n) is 10.7. The molecule has 2 unspecified atom stereocenters. The second kappa shape index (κ2) is 8.09. The molecular formula is C24H30N4O2. The van der Waals surface area contributed by atoms with Crippen LogP contribution in [0.25, 0.3) is 0 Å². The highest BCUT2D eigenvalue weighted by molar-refractivity contribution is 5.86. The molecule has 0 spiro atoms. The average molecular weight is 407 g/mol. The fourth-order valence-electron chi connectivity index (χ4n) is 4.65. The largest absolute Gasteiger partial charge is 0.380 e. The molecule has 0 radical (unpaired) electrons. The maximum atomic E-state index is 12.6. The fraction of sp³-hybridized carbons (Fsp3) is 0.458. The molecule has 2 heterocycles. The zero-order valence-electron chi connectivity index (χ0n) is 17.9. The number of aromatic nitrogens is 1. The molecule has 2 atom stereocenters. The van der Waals surface area contributed by atoms with Gasteiger partial charge in [0.05, 0.1) is 24.1 Å². The summed E-state index contributed by atoms with van der Waals surface area (Å²) in [5.74, 6) is -0.256. The van der Waals surface area contributed by atoms with E-state index >= 15 is 0 Å². The van der Waals surface area contributed by atoms with Crippen LogP contribution >= 0.6 is 0 Å². The Balaban J connectivity index is 1.37. The van der Waals surface area contributed by atoms with Crippen LogP contribution in [0.15, 0.2) is 42.6 Å². The van der Waals surface area contributed by atoms with Crippen molar-refractivity contribution < 1.29 is 9.59 Å². The first-order chi connectivity index (χ1) is 14.3.